The Balaban J connectivity index is 0.000000395. The van der Waals surface area contributed by atoms with Crippen molar-refractivity contribution in [3.63, 3.8) is 0 Å². The van der Waals surface area contributed by atoms with Gasteiger partial charge in [0, 0.05) is 53.5 Å². The number of para-hydroxylation sites is 1. The second-order valence-electron chi connectivity index (χ2n) is 7.27. The van der Waals surface area contributed by atoms with Crippen molar-refractivity contribution in [2.24, 2.45) is 7.05 Å². The predicted octanol–water partition coefficient (Wildman–Crippen LogP) is 7.10. The van der Waals surface area contributed by atoms with Gasteiger partial charge in [-0.3, -0.25) is 9.59 Å². The fraction of sp³-hybridized carbons (Fsp3) is 0.200. The molecule has 1 amide bonds. The zero-order valence-corrected chi connectivity index (χ0v) is 21.6. The van der Waals surface area contributed by atoms with Crippen LogP contribution in [0.5, 0.6) is 0 Å². The maximum Gasteiger partial charge on any atom is 0.302 e. The first-order chi connectivity index (χ1) is 16.8. The van der Waals surface area contributed by atoms with Crippen LogP contribution in [0.2, 0.25) is 0 Å². The molecule has 0 atom stereocenters. The largest absolute Gasteiger partial charge is 0.469 e. The van der Waals surface area contributed by atoms with Gasteiger partial charge in [-0.2, -0.15) is 0 Å². The highest BCUT2D eigenvalue weighted by atomic mass is 16.5. The quantitative estimate of drug-likeness (QED) is 0.251. The molecule has 0 aliphatic carbocycles. The summed E-state index contributed by atoms with van der Waals surface area (Å²) in [4.78, 5) is 21.9. The second-order valence-corrected chi connectivity index (χ2v) is 7.27. The average Bonchev–Trinajstić information content (AvgIpc) is 3.36. The Morgan fingerprint density at radius 2 is 1.63 bits per heavy atom. The summed E-state index contributed by atoms with van der Waals surface area (Å²) >= 11 is 0. The third-order valence-corrected chi connectivity index (χ3v) is 4.93. The standard InChI is InChI=1S/C19H16N2O.C6H8.C3H6O2.C2H6/c1-12-6-5-9-17-18(12)13(11-21(17)2)10-15-14-7-3-4-8-16(14)20-19(15)22;1-3-5-6-4-2;1-3(4)5-2;1-2/h3-11H,1-2H3,(H,20,22);3-6H,1-2H2;1-2H3;1-2H3/b15-10-;6-5-;;. The van der Waals surface area contributed by atoms with Crippen LogP contribution in [0.4, 0.5) is 5.69 Å². The van der Waals surface area contributed by atoms with Crippen LogP contribution in [0.3, 0.4) is 0 Å². The monoisotopic (exact) mass is 472 g/mol. The Hall–Kier alpha value is -4.12. The number of hydrogen-bond donors (Lipinski definition) is 1. The molecule has 1 aromatic heterocycles. The lowest BCUT2D eigenvalue weighted by Crippen LogP contribution is -2.03. The fourth-order valence-corrected chi connectivity index (χ4v) is 3.37. The number of amides is 1. The summed E-state index contributed by atoms with van der Waals surface area (Å²) in [7, 11) is 3.38. The van der Waals surface area contributed by atoms with Crippen molar-refractivity contribution < 1.29 is 14.3 Å². The SMILES string of the molecule is C=C/C=C\C=C.CC.COC(C)=O.Cc1cccc2c1c(/C=C1\C(=O)Nc3ccccc31)cn2C. The van der Waals surface area contributed by atoms with E-state index < -0.39 is 0 Å². The summed E-state index contributed by atoms with van der Waals surface area (Å²) < 4.78 is 6.22. The minimum Gasteiger partial charge on any atom is -0.469 e. The van der Waals surface area contributed by atoms with Gasteiger partial charge < -0.3 is 14.6 Å². The lowest BCUT2D eigenvalue weighted by molar-refractivity contribution is -0.137. The smallest absolute Gasteiger partial charge is 0.302 e. The molecule has 0 bridgehead atoms. The molecule has 184 valence electrons. The van der Waals surface area contributed by atoms with E-state index in [1.54, 1.807) is 12.2 Å². The van der Waals surface area contributed by atoms with E-state index in [1.807, 2.05) is 63.4 Å². The first-order valence-electron chi connectivity index (χ1n) is 11.5. The van der Waals surface area contributed by atoms with Gasteiger partial charge in [0.25, 0.3) is 5.91 Å². The number of ether oxygens (including phenoxy) is 1. The maximum absolute atomic E-state index is 12.3. The molecule has 2 heterocycles. The van der Waals surface area contributed by atoms with Gasteiger partial charge in [0.05, 0.1) is 7.11 Å². The number of benzene rings is 2. The molecule has 5 nitrogen and oxygen atoms in total. The lowest BCUT2D eigenvalue weighted by Gasteiger charge is -2.00. The summed E-state index contributed by atoms with van der Waals surface area (Å²) in [5.41, 5.74) is 6.06. The van der Waals surface area contributed by atoms with Crippen molar-refractivity contribution >= 4 is 40.1 Å². The zero-order chi connectivity index (χ0) is 26.4. The van der Waals surface area contributed by atoms with E-state index in [1.165, 1.54) is 30.5 Å². The Morgan fingerprint density at radius 3 is 2.20 bits per heavy atom. The number of carbonyl (C=O) groups is 2. The van der Waals surface area contributed by atoms with Crippen molar-refractivity contribution in [2.45, 2.75) is 27.7 Å². The highest BCUT2D eigenvalue weighted by Crippen LogP contribution is 2.34. The van der Waals surface area contributed by atoms with Crippen LogP contribution < -0.4 is 5.32 Å². The molecule has 2 aromatic carbocycles. The third kappa shape index (κ3) is 8.00. The number of methoxy groups -OCH3 is 1. The molecule has 4 rings (SSSR count). The number of nitrogens with zero attached hydrogens (tertiary/aromatic N) is 1. The molecule has 3 aromatic rings. The molecule has 1 aliphatic rings. The number of esters is 1. The third-order valence-electron chi connectivity index (χ3n) is 4.93. The summed E-state index contributed by atoms with van der Waals surface area (Å²) in [5.74, 6) is -0.281. The van der Waals surface area contributed by atoms with Gasteiger partial charge in [-0.05, 0) is 30.7 Å². The number of carbonyl (C=O) groups excluding carboxylic acids is 2. The molecule has 1 N–H and O–H groups in total. The van der Waals surface area contributed by atoms with Gasteiger partial charge in [-0.15, -0.1) is 0 Å². The van der Waals surface area contributed by atoms with Crippen LogP contribution >= 0.6 is 0 Å². The lowest BCUT2D eigenvalue weighted by atomic mass is 10.0. The highest BCUT2D eigenvalue weighted by molar-refractivity contribution is 6.35. The number of anilines is 1. The van der Waals surface area contributed by atoms with Crippen molar-refractivity contribution in [3.8, 4) is 0 Å². The highest BCUT2D eigenvalue weighted by Gasteiger charge is 2.23. The number of rotatable bonds is 3. The van der Waals surface area contributed by atoms with Gasteiger partial charge in [0.1, 0.15) is 0 Å². The molecular weight excluding hydrogens is 436 g/mol. The van der Waals surface area contributed by atoms with Gasteiger partial charge in [0.15, 0.2) is 0 Å². The molecule has 0 spiro atoms. The van der Waals surface area contributed by atoms with Gasteiger partial charge >= 0.3 is 5.97 Å². The second kappa shape index (κ2) is 14.9. The van der Waals surface area contributed by atoms with E-state index in [0.29, 0.717) is 0 Å². The molecule has 0 saturated carbocycles. The summed E-state index contributed by atoms with van der Waals surface area (Å²) in [6.07, 6.45) is 11.2. The molecule has 0 saturated heterocycles. The van der Waals surface area contributed by atoms with Gasteiger partial charge in [-0.1, -0.05) is 81.6 Å². The minimum atomic E-state index is -0.245. The fourth-order valence-electron chi connectivity index (χ4n) is 3.37. The van der Waals surface area contributed by atoms with E-state index in [2.05, 4.69) is 59.1 Å². The van der Waals surface area contributed by atoms with Crippen LogP contribution in [-0.2, 0) is 21.4 Å². The minimum absolute atomic E-state index is 0.0354. The van der Waals surface area contributed by atoms with Crippen LogP contribution in [-0.4, -0.2) is 23.6 Å². The molecule has 1 aliphatic heterocycles. The van der Waals surface area contributed by atoms with Crippen LogP contribution in [0, 0.1) is 6.92 Å². The summed E-state index contributed by atoms with van der Waals surface area (Å²) in [5, 5.41) is 4.13. The zero-order valence-electron chi connectivity index (χ0n) is 21.6. The van der Waals surface area contributed by atoms with E-state index in [9.17, 15) is 9.59 Å². The average molecular weight is 473 g/mol. The number of aryl methyl sites for hydroxylation is 2. The van der Waals surface area contributed by atoms with Gasteiger partial charge in [-0.25, -0.2) is 0 Å². The predicted molar refractivity (Wildman–Crippen MR) is 149 cm³/mol. The first kappa shape index (κ1) is 28.9. The Kier molecular flexibility index (Phi) is 12.3. The van der Waals surface area contributed by atoms with E-state index in [4.69, 9.17) is 0 Å². The van der Waals surface area contributed by atoms with Crippen molar-refractivity contribution in [1.82, 2.24) is 4.57 Å². The normalized spacial score (nSPS) is 12.3. The molecule has 0 radical (unpaired) electrons. The number of allylic oxidation sites excluding steroid dienone is 4. The van der Waals surface area contributed by atoms with E-state index in [0.717, 1.165) is 22.4 Å². The van der Waals surface area contributed by atoms with Crippen molar-refractivity contribution in [3.05, 3.63) is 103 Å². The number of nitrogens with one attached hydrogen (secondary N) is 1. The molecule has 0 unspecified atom stereocenters. The number of hydrogen-bond acceptors (Lipinski definition) is 3. The number of fused-ring (bicyclic) bond motifs is 2. The van der Waals surface area contributed by atoms with Crippen LogP contribution in [0.25, 0.3) is 22.6 Å². The summed E-state index contributed by atoms with van der Waals surface area (Å²) in [6, 6.07) is 14.1. The summed E-state index contributed by atoms with van der Waals surface area (Å²) in [6.45, 7) is 14.4. The Labute approximate surface area is 209 Å². The van der Waals surface area contributed by atoms with Gasteiger partial charge in [0.2, 0.25) is 0 Å². The van der Waals surface area contributed by atoms with E-state index in [-0.39, 0.29) is 11.9 Å². The molecule has 5 heteroatoms. The maximum atomic E-state index is 12.3. The molecule has 35 heavy (non-hydrogen) atoms. The van der Waals surface area contributed by atoms with Crippen molar-refractivity contribution in [2.75, 3.05) is 12.4 Å². The molecular formula is C30H36N2O3. The Morgan fingerprint density at radius 1 is 1.03 bits per heavy atom. The van der Waals surface area contributed by atoms with Crippen LogP contribution in [0.1, 0.15) is 37.5 Å². The Bertz CT molecular complexity index is 1220. The van der Waals surface area contributed by atoms with Crippen LogP contribution in [0.15, 0.2) is 86.1 Å². The topological polar surface area (TPSA) is 60.3 Å². The number of aromatic nitrogens is 1. The van der Waals surface area contributed by atoms with E-state index >= 15 is 0 Å². The molecule has 0 fully saturated rings. The van der Waals surface area contributed by atoms with Crippen molar-refractivity contribution in [1.29, 1.82) is 0 Å². The first-order valence-corrected chi connectivity index (χ1v) is 11.5.